The molecular formula is C15H10F6N2O4. The third kappa shape index (κ3) is 3.69. The Bertz CT molecular complexity index is 833. The van der Waals surface area contributed by atoms with Gasteiger partial charge >= 0.3 is 12.5 Å². The van der Waals surface area contributed by atoms with Crippen molar-refractivity contribution in [2.75, 3.05) is 0 Å². The van der Waals surface area contributed by atoms with E-state index < -0.39 is 65.3 Å². The van der Waals surface area contributed by atoms with Crippen molar-refractivity contribution in [2.24, 2.45) is 0 Å². The molecule has 0 aliphatic carbocycles. The summed E-state index contributed by atoms with van der Waals surface area (Å²) >= 11 is 0. The van der Waals surface area contributed by atoms with Gasteiger partial charge in [0.05, 0.1) is 12.1 Å². The predicted octanol–water partition coefficient (Wildman–Crippen LogP) is 2.37. The Balaban J connectivity index is 2.02. The van der Waals surface area contributed by atoms with Crippen LogP contribution in [0.1, 0.15) is 34.3 Å². The summed E-state index contributed by atoms with van der Waals surface area (Å²) in [5, 5.41) is 1.98. The van der Waals surface area contributed by atoms with E-state index in [4.69, 9.17) is 0 Å². The van der Waals surface area contributed by atoms with Crippen molar-refractivity contribution >= 4 is 17.7 Å². The van der Waals surface area contributed by atoms with Crippen molar-refractivity contribution < 1.29 is 45.5 Å². The number of halogens is 6. The van der Waals surface area contributed by atoms with Crippen LogP contribution in [0.2, 0.25) is 0 Å². The lowest BCUT2D eigenvalue weighted by molar-refractivity contribution is -0.275. The molecule has 6 nitrogen and oxygen atoms in total. The lowest BCUT2D eigenvalue weighted by Gasteiger charge is -2.29. The van der Waals surface area contributed by atoms with E-state index in [9.17, 15) is 40.7 Å². The van der Waals surface area contributed by atoms with Gasteiger partial charge in [0.2, 0.25) is 11.8 Å². The minimum atomic E-state index is -5.27. The lowest BCUT2D eigenvalue weighted by atomic mass is 10.0. The van der Waals surface area contributed by atoms with Gasteiger partial charge in [-0.05, 0) is 18.6 Å². The van der Waals surface area contributed by atoms with Gasteiger partial charge in [-0.1, -0.05) is 0 Å². The topological polar surface area (TPSA) is 75.7 Å². The summed E-state index contributed by atoms with van der Waals surface area (Å²) in [6.45, 7) is -0.552. The van der Waals surface area contributed by atoms with Crippen LogP contribution in [0.25, 0.3) is 0 Å². The van der Waals surface area contributed by atoms with Crippen molar-refractivity contribution in [1.82, 2.24) is 10.2 Å². The van der Waals surface area contributed by atoms with Crippen LogP contribution in [0.15, 0.2) is 12.1 Å². The number of imide groups is 1. The number of nitrogens with zero attached hydrogens (tertiary/aromatic N) is 1. The van der Waals surface area contributed by atoms with E-state index >= 15 is 0 Å². The van der Waals surface area contributed by atoms with Crippen LogP contribution in [-0.4, -0.2) is 35.0 Å². The fourth-order valence-corrected chi connectivity index (χ4v) is 3.01. The SMILES string of the molecule is O=C1CCC(N2Cc3c(OC(F)(F)F)cc(C(F)(F)F)cc3C2=O)C(=O)N1. The van der Waals surface area contributed by atoms with Crippen LogP contribution in [0.4, 0.5) is 26.3 Å². The number of nitrogens with one attached hydrogen (secondary N) is 1. The molecule has 1 unspecified atom stereocenters. The van der Waals surface area contributed by atoms with E-state index in [1.165, 1.54) is 0 Å². The number of piperidine rings is 1. The molecule has 12 heteroatoms. The third-order valence-electron chi connectivity index (χ3n) is 4.17. The first-order valence-corrected chi connectivity index (χ1v) is 7.51. The normalized spacial score (nSPS) is 20.6. The second kappa shape index (κ2) is 6.13. The minimum absolute atomic E-state index is 0.0913. The summed E-state index contributed by atoms with van der Waals surface area (Å²) in [6.07, 6.45) is -10.5. The van der Waals surface area contributed by atoms with Crippen LogP contribution in [0, 0.1) is 0 Å². The monoisotopic (exact) mass is 396 g/mol. The largest absolute Gasteiger partial charge is 0.573 e. The molecule has 0 bridgehead atoms. The van der Waals surface area contributed by atoms with Gasteiger partial charge in [0.1, 0.15) is 11.8 Å². The van der Waals surface area contributed by atoms with Crippen molar-refractivity contribution in [3.63, 3.8) is 0 Å². The predicted molar refractivity (Wildman–Crippen MR) is 74.2 cm³/mol. The number of ether oxygens (including phenoxy) is 1. The van der Waals surface area contributed by atoms with E-state index in [0.717, 1.165) is 4.90 Å². The number of carbonyl (C=O) groups excluding carboxylic acids is 3. The summed E-state index contributed by atoms with van der Waals surface area (Å²) in [7, 11) is 0. The number of benzene rings is 1. The average molecular weight is 396 g/mol. The smallest absolute Gasteiger partial charge is 0.405 e. The van der Waals surface area contributed by atoms with E-state index in [2.05, 4.69) is 4.74 Å². The molecule has 3 rings (SSSR count). The molecule has 146 valence electrons. The molecule has 0 spiro atoms. The highest BCUT2D eigenvalue weighted by Crippen LogP contribution is 2.41. The van der Waals surface area contributed by atoms with Crippen LogP contribution in [0.5, 0.6) is 5.75 Å². The van der Waals surface area contributed by atoms with Gasteiger partial charge in [0, 0.05) is 17.5 Å². The molecule has 2 heterocycles. The molecule has 1 N–H and O–H groups in total. The summed E-state index contributed by atoms with van der Waals surface area (Å²) in [5.74, 6) is -3.63. The fourth-order valence-electron chi connectivity index (χ4n) is 3.01. The first-order chi connectivity index (χ1) is 12.4. The first kappa shape index (κ1) is 19.0. The van der Waals surface area contributed by atoms with Crippen LogP contribution in [-0.2, 0) is 22.3 Å². The van der Waals surface area contributed by atoms with Crippen LogP contribution >= 0.6 is 0 Å². The molecule has 1 fully saturated rings. The van der Waals surface area contributed by atoms with Gasteiger partial charge < -0.3 is 9.64 Å². The van der Waals surface area contributed by atoms with E-state index in [-0.39, 0.29) is 18.9 Å². The molecule has 0 aromatic heterocycles. The highest BCUT2D eigenvalue weighted by atomic mass is 19.4. The minimum Gasteiger partial charge on any atom is -0.405 e. The van der Waals surface area contributed by atoms with Gasteiger partial charge in [-0.3, -0.25) is 19.7 Å². The number of hydrogen-bond donors (Lipinski definition) is 1. The zero-order valence-corrected chi connectivity index (χ0v) is 13.2. The molecule has 27 heavy (non-hydrogen) atoms. The van der Waals surface area contributed by atoms with Gasteiger partial charge in [0.15, 0.2) is 0 Å². The van der Waals surface area contributed by atoms with Crippen LogP contribution < -0.4 is 10.1 Å². The molecular weight excluding hydrogens is 386 g/mol. The van der Waals surface area contributed by atoms with Crippen molar-refractivity contribution in [3.8, 4) is 5.75 Å². The molecule has 1 aromatic carbocycles. The standard InChI is InChI=1S/C15H10F6N2O4/c16-14(17,18)6-3-7-8(10(4-6)27-15(19,20)21)5-23(13(7)26)9-1-2-11(24)22-12(9)25/h3-4,9H,1-2,5H2,(H,22,24,25). The molecule has 1 aromatic rings. The third-order valence-corrected chi connectivity index (χ3v) is 4.17. The summed E-state index contributed by atoms with van der Waals surface area (Å²) < 4.78 is 80.4. The lowest BCUT2D eigenvalue weighted by Crippen LogP contribution is -2.52. The maximum atomic E-state index is 13.0. The second-order valence-corrected chi connectivity index (χ2v) is 5.95. The number of rotatable bonds is 2. The molecule has 2 aliphatic heterocycles. The zero-order valence-electron chi connectivity index (χ0n) is 13.2. The van der Waals surface area contributed by atoms with Gasteiger partial charge in [-0.15, -0.1) is 13.2 Å². The highest BCUT2D eigenvalue weighted by molar-refractivity contribution is 6.05. The van der Waals surface area contributed by atoms with E-state index in [1.807, 2.05) is 5.32 Å². The Labute approximate surface area is 147 Å². The number of alkyl halides is 6. The highest BCUT2D eigenvalue weighted by Gasteiger charge is 2.44. The van der Waals surface area contributed by atoms with Crippen molar-refractivity contribution in [2.45, 2.75) is 38.0 Å². The van der Waals surface area contributed by atoms with Crippen molar-refractivity contribution in [3.05, 3.63) is 28.8 Å². The number of carbonyl (C=O) groups is 3. The maximum Gasteiger partial charge on any atom is 0.573 e. The van der Waals surface area contributed by atoms with Crippen LogP contribution in [0.3, 0.4) is 0 Å². The van der Waals surface area contributed by atoms with E-state index in [1.54, 1.807) is 0 Å². The molecule has 1 saturated heterocycles. The Morgan fingerprint density at radius 2 is 1.74 bits per heavy atom. The molecule has 3 amide bonds. The zero-order chi connectivity index (χ0) is 20.1. The maximum absolute atomic E-state index is 13.0. The number of fused-ring (bicyclic) bond motifs is 1. The summed E-state index contributed by atoms with van der Waals surface area (Å²) in [4.78, 5) is 36.4. The molecule has 2 aliphatic rings. The Kier molecular flexibility index (Phi) is 4.31. The quantitative estimate of drug-likeness (QED) is 0.615. The summed E-state index contributed by atoms with van der Waals surface area (Å²) in [5.41, 5.74) is -2.53. The van der Waals surface area contributed by atoms with Gasteiger partial charge in [-0.25, -0.2) is 0 Å². The van der Waals surface area contributed by atoms with E-state index in [0.29, 0.717) is 6.07 Å². The van der Waals surface area contributed by atoms with Crippen molar-refractivity contribution in [1.29, 1.82) is 0 Å². The Morgan fingerprint density at radius 3 is 2.30 bits per heavy atom. The fraction of sp³-hybridized carbons (Fsp3) is 0.400. The molecule has 0 saturated carbocycles. The first-order valence-electron chi connectivity index (χ1n) is 7.51. The Hall–Kier alpha value is -2.79. The number of hydrogen-bond acceptors (Lipinski definition) is 4. The average Bonchev–Trinajstić information content (AvgIpc) is 2.83. The Morgan fingerprint density at radius 1 is 1.07 bits per heavy atom. The number of amides is 3. The van der Waals surface area contributed by atoms with Gasteiger partial charge in [0.25, 0.3) is 5.91 Å². The second-order valence-electron chi connectivity index (χ2n) is 5.95. The molecule has 1 atom stereocenters. The molecule has 0 radical (unpaired) electrons. The van der Waals surface area contributed by atoms with Gasteiger partial charge in [-0.2, -0.15) is 13.2 Å². The summed E-state index contributed by atoms with van der Waals surface area (Å²) in [6, 6.07) is -0.601.